The van der Waals surface area contributed by atoms with Crippen LogP contribution in [0.4, 0.5) is 0 Å². The molecule has 1 heterocycles. The second-order valence-electron chi connectivity index (χ2n) is 2.39. The van der Waals surface area contributed by atoms with Gasteiger partial charge in [-0.2, -0.15) is 10.2 Å². The Morgan fingerprint density at radius 2 is 2.00 bits per heavy atom. The Kier molecular flexibility index (Phi) is 4.00. The molecule has 1 aromatic rings. The minimum Gasteiger partial charge on any atom is -0.323 e. The quantitative estimate of drug-likeness (QED) is 0.695. The van der Waals surface area contributed by atoms with Crippen molar-refractivity contribution in [1.29, 1.82) is 0 Å². The third kappa shape index (κ3) is 2.82. The average molecular weight is 174 g/mol. The van der Waals surface area contributed by atoms with Crippen molar-refractivity contribution in [3.05, 3.63) is 23.5 Å². The summed E-state index contributed by atoms with van der Waals surface area (Å²) in [4.78, 5) is 0. The zero-order valence-electron chi connectivity index (χ0n) is 6.61. The van der Waals surface area contributed by atoms with Gasteiger partial charge >= 0.3 is 0 Å². The van der Waals surface area contributed by atoms with Gasteiger partial charge in [-0.3, -0.25) is 0 Å². The van der Waals surface area contributed by atoms with E-state index in [2.05, 4.69) is 10.2 Å². The van der Waals surface area contributed by atoms with E-state index < -0.39 is 0 Å². The Morgan fingerprint density at radius 1 is 1.36 bits per heavy atom. The maximum absolute atomic E-state index is 5.56. The summed E-state index contributed by atoms with van der Waals surface area (Å²) >= 11 is 0. The van der Waals surface area contributed by atoms with E-state index in [1.807, 2.05) is 26.0 Å². The van der Waals surface area contributed by atoms with Crippen LogP contribution in [-0.4, -0.2) is 10.2 Å². The lowest BCUT2D eigenvalue weighted by atomic mass is 10.2. The fourth-order valence-corrected chi connectivity index (χ4v) is 0.652. The highest BCUT2D eigenvalue weighted by Gasteiger charge is 1.98. The number of hydrogen-bond donors (Lipinski definition) is 1. The van der Waals surface area contributed by atoms with Gasteiger partial charge < -0.3 is 5.73 Å². The van der Waals surface area contributed by atoms with E-state index in [4.69, 9.17) is 5.73 Å². The standard InChI is InChI=1S/C7H11N3.ClH/c1-5-3-4-7(6(2)8)10-9-5;/h3-4,6H,8H2,1-2H3;1H/t6-;/m1./s1. The molecule has 0 radical (unpaired) electrons. The molecule has 0 saturated carbocycles. The predicted molar refractivity (Wildman–Crippen MR) is 46.6 cm³/mol. The Labute approximate surface area is 72.4 Å². The number of hydrogen-bond acceptors (Lipinski definition) is 3. The fourth-order valence-electron chi connectivity index (χ4n) is 0.652. The fraction of sp³-hybridized carbons (Fsp3) is 0.429. The van der Waals surface area contributed by atoms with Gasteiger partial charge in [-0.15, -0.1) is 12.4 Å². The molecular formula is C7H12ClN3. The number of aromatic nitrogens is 2. The minimum atomic E-state index is -0.0203. The van der Waals surface area contributed by atoms with Gasteiger partial charge in [0.2, 0.25) is 0 Å². The molecule has 0 aliphatic carbocycles. The topological polar surface area (TPSA) is 51.8 Å². The number of rotatable bonds is 1. The van der Waals surface area contributed by atoms with Crippen LogP contribution >= 0.6 is 12.4 Å². The van der Waals surface area contributed by atoms with Crippen molar-refractivity contribution in [3.63, 3.8) is 0 Å². The van der Waals surface area contributed by atoms with Crippen LogP contribution in [0.3, 0.4) is 0 Å². The molecule has 1 aromatic heterocycles. The van der Waals surface area contributed by atoms with Gasteiger partial charge in [0.25, 0.3) is 0 Å². The summed E-state index contributed by atoms with van der Waals surface area (Å²) in [5, 5.41) is 7.77. The van der Waals surface area contributed by atoms with E-state index in [-0.39, 0.29) is 18.4 Å². The van der Waals surface area contributed by atoms with Crippen molar-refractivity contribution in [2.24, 2.45) is 5.73 Å². The largest absolute Gasteiger partial charge is 0.323 e. The molecule has 0 fully saturated rings. The lowest BCUT2D eigenvalue weighted by molar-refractivity contribution is 0.746. The highest BCUT2D eigenvalue weighted by Crippen LogP contribution is 2.03. The van der Waals surface area contributed by atoms with Crippen molar-refractivity contribution in [3.8, 4) is 0 Å². The van der Waals surface area contributed by atoms with E-state index >= 15 is 0 Å². The Balaban J connectivity index is 0.000001000. The van der Waals surface area contributed by atoms with E-state index in [1.54, 1.807) is 0 Å². The molecule has 4 heteroatoms. The van der Waals surface area contributed by atoms with Crippen LogP contribution in [0.25, 0.3) is 0 Å². The summed E-state index contributed by atoms with van der Waals surface area (Å²) < 4.78 is 0. The summed E-state index contributed by atoms with van der Waals surface area (Å²) in [5.74, 6) is 0. The van der Waals surface area contributed by atoms with Crippen LogP contribution in [0.2, 0.25) is 0 Å². The third-order valence-electron chi connectivity index (χ3n) is 1.29. The Hall–Kier alpha value is -0.670. The molecule has 1 atom stereocenters. The highest BCUT2D eigenvalue weighted by molar-refractivity contribution is 5.85. The molecule has 1 rings (SSSR count). The number of halogens is 1. The molecule has 0 amide bonds. The Bertz CT molecular complexity index is 207. The molecule has 2 N–H and O–H groups in total. The van der Waals surface area contributed by atoms with E-state index in [0.717, 1.165) is 11.4 Å². The molecule has 0 aliphatic rings. The van der Waals surface area contributed by atoms with Gasteiger partial charge in [0.15, 0.2) is 0 Å². The lowest BCUT2D eigenvalue weighted by Gasteiger charge is -2.01. The third-order valence-corrected chi connectivity index (χ3v) is 1.29. The summed E-state index contributed by atoms with van der Waals surface area (Å²) in [5.41, 5.74) is 7.32. The first kappa shape index (κ1) is 10.3. The average Bonchev–Trinajstić information content (AvgIpc) is 1.88. The van der Waals surface area contributed by atoms with Crippen LogP contribution in [0.5, 0.6) is 0 Å². The highest BCUT2D eigenvalue weighted by atomic mass is 35.5. The van der Waals surface area contributed by atoms with Gasteiger partial charge in [0.05, 0.1) is 11.4 Å². The second-order valence-corrected chi connectivity index (χ2v) is 2.39. The van der Waals surface area contributed by atoms with Gasteiger partial charge in [-0.1, -0.05) is 0 Å². The number of aryl methyl sites for hydroxylation is 1. The summed E-state index contributed by atoms with van der Waals surface area (Å²) in [6, 6.07) is 3.78. The number of nitrogens with zero attached hydrogens (tertiary/aromatic N) is 2. The lowest BCUT2D eigenvalue weighted by Crippen LogP contribution is -2.08. The van der Waals surface area contributed by atoms with Gasteiger partial charge in [0.1, 0.15) is 0 Å². The molecule has 0 aromatic carbocycles. The van der Waals surface area contributed by atoms with Gasteiger partial charge in [0, 0.05) is 6.04 Å². The molecular weight excluding hydrogens is 162 g/mol. The summed E-state index contributed by atoms with van der Waals surface area (Å²) in [6.07, 6.45) is 0. The monoisotopic (exact) mass is 173 g/mol. The first-order valence-corrected chi connectivity index (χ1v) is 3.26. The minimum absolute atomic E-state index is 0. The van der Waals surface area contributed by atoms with Crippen molar-refractivity contribution >= 4 is 12.4 Å². The normalized spacial score (nSPS) is 11.9. The maximum atomic E-state index is 5.56. The van der Waals surface area contributed by atoms with Crippen molar-refractivity contribution < 1.29 is 0 Å². The molecule has 11 heavy (non-hydrogen) atoms. The summed E-state index contributed by atoms with van der Waals surface area (Å²) in [6.45, 7) is 3.79. The Morgan fingerprint density at radius 3 is 2.36 bits per heavy atom. The molecule has 0 bridgehead atoms. The van der Waals surface area contributed by atoms with Crippen LogP contribution in [0.1, 0.15) is 24.4 Å². The van der Waals surface area contributed by atoms with Crippen molar-refractivity contribution in [1.82, 2.24) is 10.2 Å². The zero-order valence-corrected chi connectivity index (χ0v) is 7.43. The first-order valence-electron chi connectivity index (χ1n) is 3.26. The van der Waals surface area contributed by atoms with E-state index in [0.29, 0.717) is 0 Å². The number of nitrogens with two attached hydrogens (primary N) is 1. The molecule has 0 saturated heterocycles. The molecule has 62 valence electrons. The van der Waals surface area contributed by atoms with Crippen LogP contribution < -0.4 is 5.73 Å². The first-order chi connectivity index (χ1) is 4.70. The SMILES string of the molecule is Cc1ccc([C@@H](C)N)nn1.Cl. The zero-order chi connectivity index (χ0) is 7.56. The van der Waals surface area contributed by atoms with Crippen molar-refractivity contribution in [2.75, 3.05) is 0 Å². The molecule has 3 nitrogen and oxygen atoms in total. The van der Waals surface area contributed by atoms with Gasteiger partial charge in [-0.25, -0.2) is 0 Å². The van der Waals surface area contributed by atoms with Crippen LogP contribution in [-0.2, 0) is 0 Å². The summed E-state index contributed by atoms with van der Waals surface area (Å²) in [7, 11) is 0. The smallest absolute Gasteiger partial charge is 0.0795 e. The predicted octanol–water partition coefficient (Wildman–Crippen LogP) is 1.23. The molecule has 0 aliphatic heterocycles. The van der Waals surface area contributed by atoms with E-state index in [1.165, 1.54) is 0 Å². The molecule has 0 unspecified atom stereocenters. The van der Waals surface area contributed by atoms with Crippen LogP contribution in [0, 0.1) is 6.92 Å². The maximum Gasteiger partial charge on any atom is 0.0795 e. The molecule has 0 spiro atoms. The van der Waals surface area contributed by atoms with Crippen molar-refractivity contribution in [2.45, 2.75) is 19.9 Å². The van der Waals surface area contributed by atoms with Gasteiger partial charge in [-0.05, 0) is 26.0 Å². The van der Waals surface area contributed by atoms with E-state index in [9.17, 15) is 0 Å². The van der Waals surface area contributed by atoms with Crippen LogP contribution in [0.15, 0.2) is 12.1 Å². The second kappa shape index (κ2) is 4.26.